The monoisotopic (exact) mass is 621 g/mol. The lowest BCUT2D eigenvalue weighted by atomic mass is 10.0. The van der Waals surface area contributed by atoms with Crippen molar-refractivity contribution >= 4 is 45.1 Å². The minimum absolute atomic E-state index is 0.114. The highest BCUT2D eigenvalue weighted by atomic mass is 16.5. The molecule has 1 heterocycles. The molecule has 0 unspecified atom stereocenters. The number of phenolic OH excluding ortho intramolecular Hbond substituents is 1. The highest BCUT2D eigenvalue weighted by Gasteiger charge is 2.24. The molecule has 46 heavy (non-hydrogen) atoms. The molecule has 5 rings (SSSR count). The number of benzene rings is 4. The molecular formula is C37H43N5O4. The number of amides is 2. The Morgan fingerprint density at radius 3 is 2.07 bits per heavy atom. The molecule has 2 amide bonds. The molecular weight excluding hydrogens is 578 g/mol. The smallest absolute Gasteiger partial charge is 0.366 e. The molecule has 0 saturated heterocycles. The van der Waals surface area contributed by atoms with Crippen molar-refractivity contribution in [2.45, 2.75) is 71.1 Å². The summed E-state index contributed by atoms with van der Waals surface area (Å²) in [5.74, 6) is -0.125. The standard InChI is InChI=1S/C37H43N5O4/c1-3-4-5-6-7-8-9-10-11-16-26-41(37(45)42-39-30-19-12-13-20-31(30)40-42)33-22-17-18-28-27(33)24-25-29(35(28)43)36(44)38-32-21-14-15-23-34(32)46-2/h12-15,17-25,43H,3-11,16,26H2,1-2H3,(H,38,44). The van der Waals surface area contributed by atoms with Gasteiger partial charge in [0.1, 0.15) is 22.5 Å². The number of phenols is 1. The van der Waals surface area contributed by atoms with Crippen molar-refractivity contribution in [2.75, 3.05) is 23.9 Å². The molecule has 0 atom stereocenters. The van der Waals surface area contributed by atoms with Gasteiger partial charge in [-0.3, -0.25) is 9.69 Å². The number of carbonyl (C=O) groups excluding carboxylic acids is 2. The summed E-state index contributed by atoms with van der Waals surface area (Å²) >= 11 is 0. The first-order chi connectivity index (χ1) is 22.5. The molecule has 9 nitrogen and oxygen atoms in total. The van der Waals surface area contributed by atoms with Gasteiger partial charge >= 0.3 is 6.03 Å². The minimum atomic E-state index is -0.472. The molecule has 0 fully saturated rings. The second kappa shape index (κ2) is 15.9. The lowest BCUT2D eigenvalue weighted by Gasteiger charge is -2.24. The van der Waals surface area contributed by atoms with Crippen LogP contribution in [-0.4, -0.2) is 45.7 Å². The zero-order chi connectivity index (χ0) is 32.3. The van der Waals surface area contributed by atoms with E-state index in [0.29, 0.717) is 45.5 Å². The fourth-order valence-corrected chi connectivity index (χ4v) is 5.81. The van der Waals surface area contributed by atoms with E-state index in [1.54, 1.807) is 47.4 Å². The van der Waals surface area contributed by atoms with Gasteiger partial charge in [-0.05, 0) is 42.8 Å². The molecule has 2 N–H and O–H groups in total. The van der Waals surface area contributed by atoms with Crippen LogP contribution >= 0.6 is 0 Å². The van der Waals surface area contributed by atoms with Gasteiger partial charge in [0.2, 0.25) is 0 Å². The zero-order valence-corrected chi connectivity index (χ0v) is 26.7. The number of rotatable bonds is 15. The second-order valence-corrected chi connectivity index (χ2v) is 11.6. The van der Waals surface area contributed by atoms with E-state index in [9.17, 15) is 14.7 Å². The van der Waals surface area contributed by atoms with Gasteiger partial charge in [0, 0.05) is 17.3 Å². The lowest BCUT2D eigenvalue weighted by Crippen LogP contribution is -2.37. The summed E-state index contributed by atoms with van der Waals surface area (Å²) in [6.07, 6.45) is 11.8. The third-order valence-corrected chi connectivity index (χ3v) is 8.32. The predicted molar refractivity (Wildman–Crippen MR) is 184 cm³/mol. The van der Waals surface area contributed by atoms with E-state index in [1.165, 1.54) is 52.1 Å². The summed E-state index contributed by atoms with van der Waals surface area (Å²) in [5.41, 5.74) is 2.50. The Hall–Kier alpha value is -4.92. The Kier molecular flexibility index (Phi) is 11.2. The summed E-state index contributed by atoms with van der Waals surface area (Å²) in [7, 11) is 1.53. The number of fused-ring (bicyclic) bond motifs is 2. The van der Waals surface area contributed by atoms with Crippen LogP contribution in [0.25, 0.3) is 21.8 Å². The zero-order valence-electron chi connectivity index (χ0n) is 26.7. The SMILES string of the molecule is CCCCCCCCCCCCN(C(=O)n1nc2ccccc2n1)c1cccc2c(O)c(C(=O)Nc3ccccc3OC)ccc12. The topological polar surface area (TPSA) is 110 Å². The number of unbranched alkanes of at least 4 members (excludes halogenated alkanes) is 9. The number of carbonyl (C=O) groups is 2. The first-order valence-electron chi connectivity index (χ1n) is 16.3. The third kappa shape index (κ3) is 7.65. The van der Waals surface area contributed by atoms with Crippen molar-refractivity contribution in [3.05, 3.63) is 84.4 Å². The van der Waals surface area contributed by atoms with Gasteiger partial charge in [0.15, 0.2) is 0 Å². The van der Waals surface area contributed by atoms with Gasteiger partial charge in [-0.2, -0.15) is 0 Å². The summed E-state index contributed by atoms with van der Waals surface area (Å²) in [6, 6.07) is 22.8. The van der Waals surface area contributed by atoms with E-state index in [2.05, 4.69) is 22.4 Å². The number of ether oxygens (including phenoxy) is 1. The van der Waals surface area contributed by atoms with Crippen molar-refractivity contribution < 1.29 is 19.4 Å². The second-order valence-electron chi connectivity index (χ2n) is 11.6. The predicted octanol–water partition coefficient (Wildman–Crippen LogP) is 8.95. The van der Waals surface area contributed by atoms with E-state index in [4.69, 9.17) is 4.74 Å². The maximum atomic E-state index is 14.0. The Balaban J connectivity index is 1.38. The highest BCUT2D eigenvalue weighted by molar-refractivity contribution is 6.13. The van der Waals surface area contributed by atoms with Crippen molar-refractivity contribution in [3.63, 3.8) is 0 Å². The number of hydrogen-bond acceptors (Lipinski definition) is 6. The molecule has 0 radical (unpaired) electrons. The number of aromatic nitrogens is 3. The summed E-state index contributed by atoms with van der Waals surface area (Å²) in [6.45, 7) is 2.70. The number of para-hydroxylation sites is 2. The molecule has 9 heteroatoms. The van der Waals surface area contributed by atoms with Gasteiger partial charge in [-0.15, -0.1) is 10.2 Å². The van der Waals surface area contributed by atoms with Gasteiger partial charge in [0.25, 0.3) is 5.91 Å². The third-order valence-electron chi connectivity index (χ3n) is 8.32. The molecule has 0 spiro atoms. The molecule has 0 aliphatic carbocycles. The molecule has 5 aromatic rings. The molecule has 0 aliphatic rings. The minimum Gasteiger partial charge on any atom is -0.506 e. The van der Waals surface area contributed by atoms with Gasteiger partial charge in [-0.25, -0.2) is 4.79 Å². The maximum Gasteiger partial charge on any atom is 0.366 e. The van der Waals surface area contributed by atoms with E-state index >= 15 is 0 Å². The van der Waals surface area contributed by atoms with Gasteiger partial charge in [-0.1, -0.05) is 112 Å². The Morgan fingerprint density at radius 1 is 0.761 bits per heavy atom. The van der Waals surface area contributed by atoms with Crippen LogP contribution < -0.4 is 15.0 Å². The van der Waals surface area contributed by atoms with E-state index in [0.717, 1.165) is 24.1 Å². The largest absolute Gasteiger partial charge is 0.506 e. The normalized spacial score (nSPS) is 11.2. The van der Waals surface area contributed by atoms with Crippen molar-refractivity contribution in [1.82, 2.24) is 15.0 Å². The van der Waals surface area contributed by atoms with Crippen LogP contribution in [-0.2, 0) is 0 Å². The molecule has 0 saturated carbocycles. The number of aromatic hydroxyl groups is 1. The molecule has 1 aromatic heterocycles. The fraction of sp³-hybridized carbons (Fsp3) is 0.351. The highest BCUT2D eigenvalue weighted by Crippen LogP contribution is 2.36. The van der Waals surface area contributed by atoms with Crippen LogP contribution in [0, 0.1) is 0 Å². The van der Waals surface area contributed by atoms with Gasteiger partial charge < -0.3 is 15.2 Å². The van der Waals surface area contributed by atoms with Crippen LogP contribution in [0.5, 0.6) is 11.5 Å². The summed E-state index contributed by atoms with van der Waals surface area (Å²) in [5, 5.41) is 24.2. The number of anilines is 2. The summed E-state index contributed by atoms with van der Waals surface area (Å²) in [4.78, 5) is 30.1. The van der Waals surface area contributed by atoms with Crippen LogP contribution in [0.2, 0.25) is 0 Å². The Labute approximate surface area is 270 Å². The van der Waals surface area contributed by atoms with Crippen LogP contribution in [0.4, 0.5) is 16.2 Å². The van der Waals surface area contributed by atoms with Crippen molar-refractivity contribution in [2.24, 2.45) is 0 Å². The van der Waals surface area contributed by atoms with Gasteiger partial charge in [0.05, 0.1) is 24.0 Å². The lowest BCUT2D eigenvalue weighted by molar-refractivity contribution is 0.102. The van der Waals surface area contributed by atoms with E-state index in [-0.39, 0.29) is 17.3 Å². The number of methoxy groups -OCH3 is 1. The molecule has 240 valence electrons. The number of hydrogen-bond donors (Lipinski definition) is 2. The van der Waals surface area contributed by atoms with E-state index in [1.807, 2.05) is 36.4 Å². The average Bonchev–Trinajstić information content (AvgIpc) is 3.52. The van der Waals surface area contributed by atoms with E-state index < -0.39 is 5.91 Å². The maximum absolute atomic E-state index is 14.0. The Morgan fingerprint density at radius 2 is 1.39 bits per heavy atom. The Bertz CT molecular complexity index is 1750. The van der Waals surface area contributed by atoms with Crippen molar-refractivity contribution in [3.8, 4) is 11.5 Å². The quantitative estimate of drug-likeness (QED) is 0.113. The van der Waals surface area contributed by atoms with Crippen LogP contribution in [0.15, 0.2) is 78.9 Å². The van der Waals surface area contributed by atoms with Crippen molar-refractivity contribution in [1.29, 1.82) is 0 Å². The number of nitrogens with zero attached hydrogens (tertiary/aromatic N) is 4. The van der Waals surface area contributed by atoms with Crippen LogP contribution in [0.1, 0.15) is 81.5 Å². The molecule has 4 aromatic carbocycles. The van der Waals surface area contributed by atoms with Crippen LogP contribution in [0.3, 0.4) is 0 Å². The first-order valence-corrected chi connectivity index (χ1v) is 16.3. The average molecular weight is 622 g/mol. The first kappa shape index (κ1) is 32.5. The number of nitrogens with one attached hydrogen (secondary N) is 1. The summed E-state index contributed by atoms with van der Waals surface area (Å²) < 4.78 is 5.35. The molecule has 0 aliphatic heterocycles. The molecule has 0 bridgehead atoms. The fourth-order valence-electron chi connectivity index (χ4n) is 5.81.